The third-order valence-electron chi connectivity index (χ3n) is 4.12. The van der Waals surface area contributed by atoms with Crippen molar-refractivity contribution >= 4 is 11.3 Å². The van der Waals surface area contributed by atoms with Crippen molar-refractivity contribution in [3.8, 4) is 17.2 Å². The van der Waals surface area contributed by atoms with Gasteiger partial charge in [0.05, 0.1) is 27.5 Å². The van der Waals surface area contributed by atoms with E-state index in [0.29, 0.717) is 18.1 Å². The van der Waals surface area contributed by atoms with Crippen molar-refractivity contribution in [1.82, 2.24) is 14.6 Å². The molecule has 0 spiro atoms. The molecule has 0 atom stereocenters. The number of rotatable bonds is 7. The Morgan fingerprint density at radius 1 is 1.08 bits per heavy atom. The van der Waals surface area contributed by atoms with Gasteiger partial charge >= 0.3 is 0 Å². The average Bonchev–Trinajstić information content (AvgIpc) is 3.08. The molecule has 132 valence electrons. The molecule has 0 bridgehead atoms. The van der Waals surface area contributed by atoms with Crippen LogP contribution >= 0.6 is 0 Å². The second-order valence-corrected chi connectivity index (χ2v) is 5.47. The van der Waals surface area contributed by atoms with Gasteiger partial charge in [0.15, 0.2) is 11.6 Å². The molecule has 7 heteroatoms. The number of methoxy groups -OCH3 is 3. The van der Waals surface area contributed by atoms with Gasteiger partial charge in [0, 0.05) is 23.7 Å². The molecular weight excluding hydrogens is 320 g/mol. The number of fused-ring (bicyclic) bond motifs is 1. The molecule has 0 saturated heterocycles. The van der Waals surface area contributed by atoms with Crippen molar-refractivity contribution < 1.29 is 14.2 Å². The van der Waals surface area contributed by atoms with Crippen molar-refractivity contribution in [3.05, 3.63) is 41.9 Å². The van der Waals surface area contributed by atoms with Crippen LogP contribution in [0.25, 0.3) is 5.52 Å². The topological polar surface area (TPSA) is 69.9 Å². The van der Waals surface area contributed by atoms with Crippen molar-refractivity contribution in [2.24, 2.45) is 0 Å². The van der Waals surface area contributed by atoms with E-state index in [-0.39, 0.29) is 0 Å². The van der Waals surface area contributed by atoms with Gasteiger partial charge in [-0.25, -0.2) is 9.50 Å². The second kappa shape index (κ2) is 7.29. The van der Waals surface area contributed by atoms with Gasteiger partial charge in [-0.2, -0.15) is 5.10 Å². The quantitative estimate of drug-likeness (QED) is 0.712. The van der Waals surface area contributed by atoms with E-state index in [1.807, 2.05) is 24.4 Å². The van der Waals surface area contributed by atoms with E-state index in [0.717, 1.165) is 34.6 Å². The van der Waals surface area contributed by atoms with Crippen LogP contribution < -0.4 is 19.5 Å². The van der Waals surface area contributed by atoms with Crippen LogP contribution in [0.3, 0.4) is 0 Å². The highest BCUT2D eigenvalue weighted by molar-refractivity contribution is 5.73. The summed E-state index contributed by atoms with van der Waals surface area (Å²) in [6.45, 7) is 2.63. The summed E-state index contributed by atoms with van der Waals surface area (Å²) in [6, 6.07) is 5.72. The van der Waals surface area contributed by atoms with Gasteiger partial charge in [0.25, 0.3) is 0 Å². The first-order chi connectivity index (χ1) is 12.2. The minimum Gasteiger partial charge on any atom is -0.497 e. The van der Waals surface area contributed by atoms with Crippen LogP contribution in [0.5, 0.6) is 17.2 Å². The first-order valence-electron chi connectivity index (χ1n) is 8.05. The summed E-state index contributed by atoms with van der Waals surface area (Å²) in [4.78, 5) is 4.43. The number of anilines is 1. The minimum atomic E-state index is 0.544. The van der Waals surface area contributed by atoms with E-state index in [1.165, 1.54) is 0 Å². The van der Waals surface area contributed by atoms with Crippen LogP contribution in [0.2, 0.25) is 0 Å². The summed E-state index contributed by atoms with van der Waals surface area (Å²) in [6.07, 6.45) is 4.40. The third-order valence-corrected chi connectivity index (χ3v) is 4.12. The largest absolute Gasteiger partial charge is 0.497 e. The maximum Gasteiger partial charge on any atom is 0.187 e. The van der Waals surface area contributed by atoms with Crippen LogP contribution in [0.15, 0.2) is 30.7 Å². The number of benzene rings is 1. The molecule has 1 N–H and O–H groups in total. The second-order valence-electron chi connectivity index (χ2n) is 5.47. The van der Waals surface area contributed by atoms with E-state index >= 15 is 0 Å². The molecule has 1 aromatic carbocycles. The summed E-state index contributed by atoms with van der Waals surface area (Å²) in [7, 11) is 4.92. The van der Waals surface area contributed by atoms with Crippen molar-refractivity contribution in [3.63, 3.8) is 0 Å². The van der Waals surface area contributed by atoms with Crippen LogP contribution in [0.1, 0.15) is 18.1 Å². The third kappa shape index (κ3) is 3.17. The van der Waals surface area contributed by atoms with E-state index < -0.39 is 0 Å². The van der Waals surface area contributed by atoms with Gasteiger partial charge in [-0.15, -0.1) is 0 Å². The molecule has 0 fully saturated rings. The molecule has 0 amide bonds. The Bertz CT molecular complexity index is 876. The maximum atomic E-state index is 5.60. The standard InChI is InChI=1S/C18H22N4O3/c1-5-12-10-21-22-11-20-18(17(25-4)16(12)22)19-9-13-6-7-14(23-2)8-15(13)24-3/h6-8,10-11,19H,5,9H2,1-4H3. The fourth-order valence-electron chi connectivity index (χ4n) is 2.77. The van der Waals surface area contributed by atoms with E-state index in [9.17, 15) is 0 Å². The maximum absolute atomic E-state index is 5.60. The smallest absolute Gasteiger partial charge is 0.187 e. The molecule has 25 heavy (non-hydrogen) atoms. The highest BCUT2D eigenvalue weighted by Gasteiger charge is 2.15. The van der Waals surface area contributed by atoms with Crippen molar-refractivity contribution in [2.45, 2.75) is 19.9 Å². The molecule has 0 aliphatic heterocycles. The number of hydrogen-bond acceptors (Lipinski definition) is 6. The first kappa shape index (κ1) is 16.9. The predicted octanol–water partition coefficient (Wildman–Crippen LogP) is 2.93. The monoisotopic (exact) mass is 342 g/mol. The lowest BCUT2D eigenvalue weighted by Gasteiger charge is -2.14. The van der Waals surface area contributed by atoms with Crippen molar-refractivity contribution in [1.29, 1.82) is 0 Å². The first-order valence-corrected chi connectivity index (χ1v) is 8.05. The van der Waals surface area contributed by atoms with Gasteiger partial charge < -0.3 is 19.5 Å². The molecule has 2 aromatic heterocycles. The van der Waals surface area contributed by atoms with Crippen molar-refractivity contribution in [2.75, 3.05) is 26.6 Å². The Balaban J connectivity index is 1.91. The molecule has 0 unspecified atom stereocenters. The zero-order valence-electron chi connectivity index (χ0n) is 14.9. The molecular formula is C18H22N4O3. The fraction of sp³-hybridized carbons (Fsp3) is 0.333. The highest BCUT2D eigenvalue weighted by atomic mass is 16.5. The summed E-state index contributed by atoms with van der Waals surface area (Å²) in [5.41, 5.74) is 3.05. The number of aryl methyl sites for hydroxylation is 1. The number of ether oxygens (including phenoxy) is 3. The van der Waals surface area contributed by atoms with Gasteiger partial charge in [0.2, 0.25) is 0 Å². The van der Waals surface area contributed by atoms with E-state index in [1.54, 1.807) is 32.2 Å². The van der Waals surface area contributed by atoms with Crippen LogP contribution in [0.4, 0.5) is 5.82 Å². The lowest BCUT2D eigenvalue weighted by atomic mass is 10.2. The normalized spacial score (nSPS) is 10.7. The Labute approximate surface area is 146 Å². The molecule has 2 heterocycles. The Morgan fingerprint density at radius 3 is 2.60 bits per heavy atom. The predicted molar refractivity (Wildman–Crippen MR) is 95.8 cm³/mol. The number of nitrogens with one attached hydrogen (secondary N) is 1. The van der Waals surface area contributed by atoms with E-state index in [4.69, 9.17) is 14.2 Å². The fourth-order valence-corrected chi connectivity index (χ4v) is 2.77. The average molecular weight is 342 g/mol. The SMILES string of the molecule is CCc1cnn2cnc(NCc3ccc(OC)cc3OC)c(OC)c12. The summed E-state index contributed by atoms with van der Waals surface area (Å²) >= 11 is 0. The molecule has 0 saturated carbocycles. The van der Waals surface area contributed by atoms with E-state index in [2.05, 4.69) is 22.3 Å². The summed E-state index contributed by atoms with van der Waals surface area (Å²) in [5.74, 6) is 2.86. The minimum absolute atomic E-state index is 0.544. The lowest BCUT2D eigenvalue weighted by Crippen LogP contribution is -2.07. The van der Waals surface area contributed by atoms with Gasteiger partial charge in [0.1, 0.15) is 23.3 Å². The van der Waals surface area contributed by atoms with Crippen LogP contribution in [0, 0.1) is 0 Å². The molecule has 0 radical (unpaired) electrons. The van der Waals surface area contributed by atoms with Gasteiger partial charge in [-0.05, 0) is 18.6 Å². The number of nitrogens with zero attached hydrogens (tertiary/aromatic N) is 3. The van der Waals surface area contributed by atoms with Crippen LogP contribution in [-0.4, -0.2) is 35.9 Å². The highest BCUT2D eigenvalue weighted by Crippen LogP contribution is 2.31. The number of hydrogen-bond donors (Lipinski definition) is 1. The van der Waals surface area contributed by atoms with Gasteiger partial charge in [-0.1, -0.05) is 6.92 Å². The Kier molecular flexibility index (Phi) is 4.92. The van der Waals surface area contributed by atoms with Crippen LogP contribution in [-0.2, 0) is 13.0 Å². The summed E-state index contributed by atoms with van der Waals surface area (Å²) < 4.78 is 18.0. The molecule has 3 aromatic rings. The number of aromatic nitrogens is 3. The molecule has 0 aliphatic carbocycles. The lowest BCUT2D eigenvalue weighted by molar-refractivity contribution is 0.391. The molecule has 3 rings (SSSR count). The zero-order chi connectivity index (χ0) is 17.8. The zero-order valence-corrected chi connectivity index (χ0v) is 14.9. The molecule has 7 nitrogen and oxygen atoms in total. The Morgan fingerprint density at radius 2 is 1.92 bits per heavy atom. The molecule has 0 aliphatic rings. The summed E-state index contributed by atoms with van der Waals surface area (Å²) in [5, 5.41) is 7.64. The van der Waals surface area contributed by atoms with Gasteiger partial charge in [-0.3, -0.25) is 0 Å². The Hall–Kier alpha value is -2.96.